The van der Waals surface area contributed by atoms with Crippen molar-refractivity contribution in [3.8, 4) is 0 Å². The SMILES string of the molecule is NNC(=O)[C@H](C[13CH2]CCN(Cc1ccccc1)Cc1ccccc1)N[C@H](CO)c1ccccc1. The van der Waals surface area contributed by atoms with E-state index in [0.29, 0.717) is 6.42 Å². The third kappa shape index (κ3) is 8.39. The highest BCUT2D eigenvalue weighted by atomic mass is 16.3. The molecule has 5 N–H and O–H groups in total. The molecule has 180 valence electrons. The van der Waals surface area contributed by atoms with Crippen LogP contribution in [0.5, 0.6) is 0 Å². The van der Waals surface area contributed by atoms with Crippen LogP contribution in [0.25, 0.3) is 0 Å². The Kier molecular flexibility index (Phi) is 10.7. The Hall–Kier alpha value is -3.03. The van der Waals surface area contributed by atoms with Gasteiger partial charge in [-0.05, 0) is 36.1 Å². The molecule has 0 aliphatic heterocycles. The molecule has 6 nitrogen and oxygen atoms in total. The number of aliphatic hydroxyl groups is 1. The van der Waals surface area contributed by atoms with E-state index in [4.69, 9.17) is 5.84 Å². The number of nitrogens with two attached hydrogens (primary N) is 1. The fourth-order valence-corrected chi connectivity index (χ4v) is 4.15. The Labute approximate surface area is 202 Å². The van der Waals surface area contributed by atoms with Gasteiger partial charge in [0.15, 0.2) is 0 Å². The Bertz CT molecular complexity index is 912. The van der Waals surface area contributed by atoms with E-state index in [1.54, 1.807) is 0 Å². The van der Waals surface area contributed by atoms with Crippen molar-refractivity contribution < 1.29 is 9.90 Å². The van der Waals surface area contributed by atoms with Gasteiger partial charge in [0, 0.05) is 13.1 Å². The molecule has 0 spiro atoms. The number of hydrogen-bond acceptors (Lipinski definition) is 5. The second-order valence-corrected chi connectivity index (χ2v) is 8.55. The van der Waals surface area contributed by atoms with Crippen molar-refractivity contribution in [2.75, 3.05) is 13.2 Å². The molecular weight excluding hydrogens is 425 g/mol. The van der Waals surface area contributed by atoms with Gasteiger partial charge in [0.1, 0.15) is 0 Å². The quantitative estimate of drug-likeness (QED) is 0.0969. The minimum Gasteiger partial charge on any atom is -0.394 e. The second-order valence-electron chi connectivity index (χ2n) is 8.55. The zero-order valence-corrected chi connectivity index (χ0v) is 19.6. The molecule has 0 saturated heterocycles. The number of hydrogen-bond donors (Lipinski definition) is 4. The van der Waals surface area contributed by atoms with E-state index in [0.717, 1.165) is 38.0 Å². The molecular formula is C28H36N4O2. The topological polar surface area (TPSA) is 90.6 Å². The van der Waals surface area contributed by atoms with E-state index in [-0.39, 0.29) is 18.6 Å². The number of rotatable bonds is 14. The molecule has 0 unspecified atom stereocenters. The van der Waals surface area contributed by atoms with Gasteiger partial charge in [0.25, 0.3) is 5.91 Å². The first-order chi connectivity index (χ1) is 16.7. The molecule has 3 aromatic rings. The Morgan fingerprint density at radius 3 is 1.85 bits per heavy atom. The van der Waals surface area contributed by atoms with Crippen molar-refractivity contribution in [2.24, 2.45) is 5.84 Å². The summed E-state index contributed by atoms with van der Waals surface area (Å²) in [6.45, 7) is 2.58. The maximum atomic E-state index is 12.4. The van der Waals surface area contributed by atoms with Crippen LogP contribution in [0.3, 0.4) is 0 Å². The highest BCUT2D eigenvalue weighted by Gasteiger charge is 2.22. The maximum Gasteiger partial charge on any atom is 0.251 e. The fraction of sp³-hybridized carbons (Fsp3) is 0.321. The lowest BCUT2D eigenvalue weighted by atomic mass is 10.1. The molecule has 0 aliphatic rings. The summed E-state index contributed by atoms with van der Waals surface area (Å²) < 4.78 is 0. The number of unbranched alkanes of at least 4 members (excludes halogenated alkanes) is 1. The number of amides is 1. The molecule has 0 radical (unpaired) electrons. The molecule has 0 bridgehead atoms. The highest BCUT2D eigenvalue weighted by Crippen LogP contribution is 2.16. The van der Waals surface area contributed by atoms with Gasteiger partial charge in [-0.2, -0.15) is 0 Å². The number of carbonyl (C=O) groups excluding carboxylic acids is 1. The van der Waals surface area contributed by atoms with Crippen LogP contribution in [0.2, 0.25) is 0 Å². The number of carbonyl (C=O) groups is 1. The second kappa shape index (κ2) is 14.3. The predicted molar refractivity (Wildman–Crippen MR) is 136 cm³/mol. The summed E-state index contributed by atoms with van der Waals surface area (Å²) in [7, 11) is 0. The highest BCUT2D eigenvalue weighted by molar-refractivity contribution is 5.81. The molecule has 2 atom stereocenters. The average molecular weight is 462 g/mol. The number of hydrazine groups is 1. The third-order valence-corrected chi connectivity index (χ3v) is 5.96. The van der Waals surface area contributed by atoms with Crippen molar-refractivity contribution >= 4 is 5.91 Å². The van der Waals surface area contributed by atoms with Crippen LogP contribution < -0.4 is 16.6 Å². The molecule has 1 amide bonds. The van der Waals surface area contributed by atoms with Crippen LogP contribution in [-0.2, 0) is 17.9 Å². The number of aliphatic hydroxyl groups excluding tert-OH is 1. The lowest BCUT2D eigenvalue weighted by molar-refractivity contribution is -0.123. The molecule has 3 aromatic carbocycles. The predicted octanol–water partition coefficient (Wildman–Crippen LogP) is 3.54. The summed E-state index contributed by atoms with van der Waals surface area (Å²) in [6.07, 6.45) is 2.44. The Balaban J connectivity index is 1.56. The zero-order chi connectivity index (χ0) is 24.0. The van der Waals surface area contributed by atoms with E-state index < -0.39 is 6.04 Å². The van der Waals surface area contributed by atoms with Crippen molar-refractivity contribution in [2.45, 2.75) is 44.4 Å². The third-order valence-electron chi connectivity index (χ3n) is 5.96. The van der Waals surface area contributed by atoms with Gasteiger partial charge in [-0.1, -0.05) is 97.4 Å². The van der Waals surface area contributed by atoms with Gasteiger partial charge >= 0.3 is 0 Å². The number of benzene rings is 3. The smallest absolute Gasteiger partial charge is 0.251 e. The first kappa shape index (κ1) is 25.6. The lowest BCUT2D eigenvalue weighted by Gasteiger charge is -2.25. The summed E-state index contributed by atoms with van der Waals surface area (Å²) in [5.41, 5.74) is 5.78. The Morgan fingerprint density at radius 1 is 0.824 bits per heavy atom. The van der Waals surface area contributed by atoms with Gasteiger partial charge in [0.05, 0.1) is 18.7 Å². The van der Waals surface area contributed by atoms with Crippen LogP contribution in [0, 0.1) is 0 Å². The largest absolute Gasteiger partial charge is 0.394 e. The minimum atomic E-state index is -0.473. The van der Waals surface area contributed by atoms with Gasteiger partial charge < -0.3 is 5.11 Å². The molecule has 0 aromatic heterocycles. The van der Waals surface area contributed by atoms with E-state index in [1.165, 1.54) is 11.1 Å². The van der Waals surface area contributed by atoms with E-state index in [9.17, 15) is 9.90 Å². The van der Waals surface area contributed by atoms with Gasteiger partial charge in [-0.3, -0.25) is 20.4 Å². The van der Waals surface area contributed by atoms with E-state index in [1.807, 2.05) is 42.5 Å². The first-order valence-electron chi connectivity index (χ1n) is 11.9. The average Bonchev–Trinajstić information content (AvgIpc) is 2.89. The molecule has 0 aliphatic carbocycles. The normalized spacial score (nSPS) is 12.9. The van der Waals surface area contributed by atoms with Crippen LogP contribution >= 0.6 is 0 Å². The zero-order valence-electron chi connectivity index (χ0n) is 19.6. The van der Waals surface area contributed by atoms with Crippen molar-refractivity contribution in [1.29, 1.82) is 0 Å². The van der Waals surface area contributed by atoms with Gasteiger partial charge in [0.2, 0.25) is 0 Å². The summed E-state index contributed by atoms with van der Waals surface area (Å²) in [5, 5.41) is 13.2. The van der Waals surface area contributed by atoms with Crippen molar-refractivity contribution in [1.82, 2.24) is 15.6 Å². The summed E-state index contributed by atoms with van der Waals surface area (Å²) in [5.74, 6) is 5.18. The number of nitrogens with zero attached hydrogens (tertiary/aromatic N) is 1. The lowest BCUT2D eigenvalue weighted by Crippen LogP contribution is -2.48. The fourth-order valence-electron chi connectivity index (χ4n) is 4.15. The standard InChI is InChI=1S/C28H36N4O2/c29-31-28(34)26(30-27(22-33)25-16-8-3-9-17-25)18-10-11-19-32(20-23-12-4-1-5-13-23)21-24-14-6-2-7-15-24/h1-9,12-17,26-27,30,33H,10-11,18-22,29H2,(H,31,34)/t26-,27+/m0/s1/i10+1. The summed E-state index contributed by atoms with van der Waals surface area (Å²) in [6, 6.07) is 29.8. The molecule has 0 heterocycles. The van der Waals surface area contributed by atoms with Gasteiger partial charge in [-0.15, -0.1) is 0 Å². The Morgan fingerprint density at radius 2 is 1.35 bits per heavy atom. The molecule has 34 heavy (non-hydrogen) atoms. The van der Waals surface area contributed by atoms with E-state index >= 15 is 0 Å². The monoisotopic (exact) mass is 461 g/mol. The number of nitrogens with one attached hydrogen (secondary N) is 2. The summed E-state index contributed by atoms with van der Waals surface area (Å²) >= 11 is 0. The summed E-state index contributed by atoms with van der Waals surface area (Å²) in [4.78, 5) is 14.9. The molecule has 6 heteroatoms. The minimum absolute atomic E-state index is 0.0969. The molecule has 3 rings (SSSR count). The van der Waals surface area contributed by atoms with Crippen molar-refractivity contribution in [3.05, 3.63) is 108 Å². The molecule has 0 fully saturated rings. The van der Waals surface area contributed by atoms with Crippen molar-refractivity contribution in [3.63, 3.8) is 0 Å². The molecule has 0 saturated carbocycles. The van der Waals surface area contributed by atoms with E-state index in [2.05, 4.69) is 64.2 Å². The van der Waals surface area contributed by atoms with Crippen LogP contribution in [-0.4, -0.2) is 35.1 Å². The first-order valence-corrected chi connectivity index (χ1v) is 11.9. The maximum absolute atomic E-state index is 12.4. The van der Waals surface area contributed by atoms with Crippen LogP contribution in [0.4, 0.5) is 0 Å². The van der Waals surface area contributed by atoms with Gasteiger partial charge in [-0.25, -0.2) is 5.84 Å². The van der Waals surface area contributed by atoms with Crippen LogP contribution in [0.15, 0.2) is 91.0 Å². The van der Waals surface area contributed by atoms with Crippen LogP contribution in [0.1, 0.15) is 42.0 Å².